The van der Waals surface area contributed by atoms with Gasteiger partial charge in [-0.3, -0.25) is 4.79 Å². The third-order valence-electron chi connectivity index (χ3n) is 3.41. The van der Waals surface area contributed by atoms with Crippen LogP contribution in [-0.4, -0.2) is 37.6 Å². The summed E-state index contributed by atoms with van der Waals surface area (Å²) >= 11 is 5.88. The molecule has 7 heteroatoms. The monoisotopic (exact) mass is 341 g/mol. The van der Waals surface area contributed by atoms with Crippen molar-refractivity contribution in [2.24, 2.45) is 5.92 Å². The van der Waals surface area contributed by atoms with Gasteiger partial charge in [0.05, 0.1) is 17.7 Å². The van der Waals surface area contributed by atoms with Gasteiger partial charge in [0.25, 0.3) is 5.91 Å². The minimum Gasteiger partial charge on any atom is -0.467 e. The van der Waals surface area contributed by atoms with Gasteiger partial charge in [0.1, 0.15) is 6.04 Å². The molecule has 0 aliphatic heterocycles. The van der Waals surface area contributed by atoms with Crippen LogP contribution >= 0.6 is 11.6 Å². The first-order chi connectivity index (χ1) is 10.9. The Labute approximate surface area is 140 Å². The number of carbonyl (C=O) groups is 3. The van der Waals surface area contributed by atoms with Crippen LogP contribution in [0.15, 0.2) is 24.3 Å². The molecule has 0 aliphatic rings. The molecule has 0 saturated carbocycles. The average Bonchev–Trinajstić information content (AvgIpc) is 2.56. The number of hydrogen-bond acceptors (Lipinski definition) is 5. The third-order valence-corrected chi connectivity index (χ3v) is 3.74. The van der Waals surface area contributed by atoms with Crippen molar-refractivity contribution in [3.05, 3.63) is 34.9 Å². The first-order valence-corrected chi connectivity index (χ1v) is 7.57. The highest BCUT2D eigenvalue weighted by Crippen LogP contribution is 2.15. The molecular weight excluding hydrogens is 322 g/mol. The molecule has 6 nitrogen and oxygen atoms in total. The van der Waals surface area contributed by atoms with Crippen LogP contribution in [0.1, 0.15) is 30.6 Å². The van der Waals surface area contributed by atoms with Crippen LogP contribution in [0.5, 0.6) is 0 Å². The second kappa shape index (κ2) is 9.15. The number of hydrogen-bond donors (Lipinski definition) is 1. The van der Waals surface area contributed by atoms with Gasteiger partial charge in [-0.1, -0.05) is 44.0 Å². The van der Waals surface area contributed by atoms with Gasteiger partial charge in [-0.25, -0.2) is 9.59 Å². The summed E-state index contributed by atoms with van der Waals surface area (Å²) in [4.78, 5) is 35.4. The number of esters is 2. The summed E-state index contributed by atoms with van der Waals surface area (Å²) in [6.07, 6.45) is 0.680. The molecule has 0 heterocycles. The molecule has 0 radical (unpaired) electrons. The molecule has 1 amide bonds. The number of ether oxygens (including phenoxy) is 2. The summed E-state index contributed by atoms with van der Waals surface area (Å²) in [5.74, 6) is -1.93. The van der Waals surface area contributed by atoms with Crippen LogP contribution in [0.25, 0.3) is 0 Å². The number of benzene rings is 1. The molecule has 0 unspecified atom stereocenters. The van der Waals surface area contributed by atoms with Crippen molar-refractivity contribution >= 4 is 29.4 Å². The third kappa shape index (κ3) is 5.56. The molecule has 0 fully saturated rings. The molecule has 2 atom stereocenters. The molecule has 23 heavy (non-hydrogen) atoms. The van der Waals surface area contributed by atoms with E-state index in [-0.39, 0.29) is 16.5 Å². The maximum Gasteiger partial charge on any atom is 0.340 e. The van der Waals surface area contributed by atoms with Crippen LogP contribution in [-0.2, 0) is 19.1 Å². The molecule has 1 N–H and O–H groups in total. The fraction of sp³-hybridized carbons (Fsp3) is 0.438. The van der Waals surface area contributed by atoms with Crippen LogP contribution in [0.3, 0.4) is 0 Å². The van der Waals surface area contributed by atoms with E-state index in [1.165, 1.54) is 13.2 Å². The highest BCUT2D eigenvalue weighted by molar-refractivity contribution is 6.33. The average molecular weight is 342 g/mol. The Hall–Kier alpha value is -2.08. The predicted molar refractivity (Wildman–Crippen MR) is 85.1 cm³/mol. The van der Waals surface area contributed by atoms with Gasteiger partial charge < -0.3 is 14.8 Å². The zero-order valence-electron chi connectivity index (χ0n) is 13.3. The molecule has 0 saturated heterocycles. The molecule has 1 aromatic rings. The summed E-state index contributed by atoms with van der Waals surface area (Å²) in [5.41, 5.74) is 0.174. The second-order valence-corrected chi connectivity index (χ2v) is 5.42. The van der Waals surface area contributed by atoms with E-state index < -0.39 is 30.5 Å². The maximum atomic E-state index is 11.9. The van der Waals surface area contributed by atoms with Gasteiger partial charge in [-0.2, -0.15) is 0 Å². The van der Waals surface area contributed by atoms with Crippen molar-refractivity contribution in [3.63, 3.8) is 0 Å². The second-order valence-electron chi connectivity index (χ2n) is 5.01. The Balaban J connectivity index is 2.60. The summed E-state index contributed by atoms with van der Waals surface area (Å²) in [6, 6.07) is 5.59. The van der Waals surface area contributed by atoms with E-state index in [2.05, 4.69) is 10.1 Å². The van der Waals surface area contributed by atoms with Gasteiger partial charge in [0, 0.05) is 0 Å². The molecule has 1 aromatic carbocycles. The molecule has 0 spiro atoms. The van der Waals surface area contributed by atoms with E-state index in [1.807, 2.05) is 13.8 Å². The van der Waals surface area contributed by atoms with Crippen LogP contribution in [0.4, 0.5) is 0 Å². The standard InChI is InChI=1S/C16H20ClNO5/c1-4-10(2)14(16(21)22-3)18-13(19)9-23-15(20)11-7-5-6-8-12(11)17/h5-8,10,14H,4,9H2,1-3H3,(H,18,19)/t10-,14-/m1/s1. The molecule has 0 aliphatic carbocycles. The summed E-state index contributed by atoms with van der Waals surface area (Å²) in [6.45, 7) is 3.20. The maximum absolute atomic E-state index is 11.9. The lowest BCUT2D eigenvalue weighted by Crippen LogP contribution is -2.47. The van der Waals surface area contributed by atoms with Crippen molar-refractivity contribution in [2.45, 2.75) is 26.3 Å². The SMILES string of the molecule is CC[C@@H](C)[C@@H](NC(=O)COC(=O)c1ccccc1Cl)C(=O)OC. The number of methoxy groups -OCH3 is 1. The summed E-state index contributed by atoms with van der Waals surface area (Å²) in [7, 11) is 1.25. The van der Waals surface area contributed by atoms with E-state index in [9.17, 15) is 14.4 Å². The quantitative estimate of drug-likeness (QED) is 0.769. The van der Waals surface area contributed by atoms with Crippen LogP contribution < -0.4 is 5.32 Å². The fourth-order valence-corrected chi connectivity index (χ4v) is 2.06. The first kappa shape index (κ1) is 19.0. The normalized spacial score (nSPS) is 12.9. The Kier molecular flexibility index (Phi) is 7.54. The van der Waals surface area contributed by atoms with Crippen molar-refractivity contribution in [1.82, 2.24) is 5.32 Å². The largest absolute Gasteiger partial charge is 0.467 e. The lowest BCUT2D eigenvalue weighted by atomic mass is 9.99. The van der Waals surface area contributed by atoms with E-state index in [1.54, 1.807) is 18.2 Å². The van der Waals surface area contributed by atoms with Gasteiger partial charge in [-0.05, 0) is 18.1 Å². The van der Waals surface area contributed by atoms with Crippen molar-refractivity contribution < 1.29 is 23.9 Å². The van der Waals surface area contributed by atoms with Crippen molar-refractivity contribution in [3.8, 4) is 0 Å². The summed E-state index contributed by atoms with van der Waals surface area (Å²) < 4.78 is 9.58. The van der Waals surface area contributed by atoms with Crippen molar-refractivity contribution in [2.75, 3.05) is 13.7 Å². The first-order valence-electron chi connectivity index (χ1n) is 7.19. The zero-order chi connectivity index (χ0) is 17.4. The molecule has 1 rings (SSSR count). The highest BCUT2D eigenvalue weighted by Gasteiger charge is 2.27. The minimum absolute atomic E-state index is 0.106. The molecule has 0 bridgehead atoms. The minimum atomic E-state index is -0.781. The number of halogens is 1. The van der Waals surface area contributed by atoms with Gasteiger partial charge in [0.15, 0.2) is 6.61 Å². The molecule has 0 aromatic heterocycles. The summed E-state index contributed by atoms with van der Waals surface area (Å²) in [5, 5.41) is 2.76. The number of rotatable bonds is 7. The lowest BCUT2D eigenvalue weighted by Gasteiger charge is -2.21. The number of carbonyl (C=O) groups excluding carboxylic acids is 3. The fourth-order valence-electron chi connectivity index (χ4n) is 1.85. The van der Waals surface area contributed by atoms with E-state index in [0.717, 1.165) is 0 Å². The van der Waals surface area contributed by atoms with Gasteiger partial charge in [0.2, 0.25) is 0 Å². The molecular formula is C16H20ClNO5. The van der Waals surface area contributed by atoms with E-state index in [0.29, 0.717) is 6.42 Å². The van der Waals surface area contributed by atoms with Crippen LogP contribution in [0, 0.1) is 5.92 Å². The van der Waals surface area contributed by atoms with Crippen molar-refractivity contribution in [1.29, 1.82) is 0 Å². The number of nitrogens with one attached hydrogen (secondary N) is 1. The Bertz CT molecular complexity index is 575. The lowest BCUT2D eigenvalue weighted by molar-refractivity contribution is -0.147. The topological polar surface area (TPSA) is 81.7 Å². The highest BCUT2D eigenvalue weighted by atomic mass is 35.5. The zero-order valence-corrected chi connectivity index (χ0v) is 14.1. The Morgan fingerprint density at radius 1 is 1.26 bits per heavy atom. The Morgan fingerprint density at radius 3 is 2.48 bits per heavy atom. The van der Waals surface area contributed by atoms with Gasteiger partial charge in [-0.15, -0.1) is 0 Å². The smallest absolute Gasteiger partial charge is 0.340 e. The molecule has 126 valence electrons. The Morgan fingerprint density at radius 2 is 1.91 bits per heavy atom. The number of amides is 1. The van der Waals surface area contributed by atoms with Crippen LogP contribution in [0.2, 0.25) is 5.02 Å². The van der Waals surface area contributed by atoms with E-state index >= 15 is 0 Å². The predicted octanol–water partition coefficient (Wildman–Crippen LogP) is 2.20. The van der Waals surface area contributed by atoms with Gasteiger partial charge >= 0.3 is 11.9 Å². The van der Waals surface area contributed by atoms with E-state index in [4.69, 9.17) is 16.3 Å².